The molecule has 0 aliphatic carbocycles. The van der Waals surface area contributed by atoms with Crippen LogP contribution < -0.4 is 11.5 Å². The number of nitrogens with zero attached hydrogens (tertiary/aromatic N) is 5. The van der Waals surface area contributed by atoms with Gasteiger partial charge in [-0.2, -0.15) is 9.97 Å². The summed E-state index contributed by atoms with van der Waals surface area (Å²) < 4.78 is 4.81. The number of rotatable bonds is 3. The van der Waals surface area contributed by atoms with Crippen LogP contribution >= 0.6 is 0 Å². The van der Waals surface area contributed by atoms with Crippen molar-refractivity contribution in [3.63, 3.8) is 0 Å². The summed E-state index contributed by atoms with van der Waals surface area (Å²) in [7, 11) is 1.30. The van der Waals surface area contributed by atoms with Crippen molar-refractivity contribution in [3.8, 4) is 11.3 Å². The van der Waals surface area contributed by atoms with Gasteiger partial charge < -0.3 is 16.2 Å². The molecule has 3 heterocycles. The zero-order valence-electron chi connectivity index (χ0n) is 13.1. The number of nitrogen functional groups attached to an aromatic ring is 2. The standard InChI is InChI=1S/C15H15N7O2/c1-3-7-4-5-18-10(14(23)24-2)9(7)8-6-19-13-11(20-8)12(16)21-15(17)22-13/h4-6H,3H2,1-2H3,(H4,16,17,19,21,22). The van der Waals surface area contributed by atoms with E-state index in [2.05, 4.69) is 24.9 Å². The van der Waals surface area contributed by atoms with E-state index in [9.17, 15) is 4.79 Å². The molecule has 0 saturated carbocycles. The number of hydrogen-bond acceptors (Lipinski definition) is 9. The molecule has 24 heavy (non-hydrogen) atoms. The van der Waals surface area contributed by atoms with Gasteiger partial charge in [0.25, 0.3) is 0 Å². The van der Waals surface area contributed by atoms with Crippen LogP contribution in [0.3, 0.4) is 0 Å². The minimum atomic E-state index is -0.552. The van der Waals surface area contributed by atoms with E-state index in [1.54, 1.807) is 6.20 Å². The maximum Gasteiger partial charge on any atom is 0.357 e. The topological polar surface area (TPSA) is 143 Å². The molecular weight excluding hydrogens is 310 g/mol. The summed E-state index contributed by atoms with van der Waals surface area (Å²) in [4.78, 5) is 32.7. The fourth-order valence-electron chi connectivity index (χ4n) is 2.40. The molecule has 0 radical (unpaired) electrons. The Kier molecular flexibility index (Phi) is 3.90. The first kappa shape index (κ1) is 15.5. The van der Waals surface area contributed by atoms with Gasteiger partial charge in [-0.15, -0.1) is 0 Å². The lowest BCUT2D eigenvalue weighted by atomic mass is 10.0. The number of aromatic nitrogens is 5. The van der Waals surface area contributed by atoms with Crippen molar-refractivity contribution < 1.29 is 9.53 Å². The van der Waals surface area contributed by atoms with Crippen LogP contribution in [-0.2, 0) is 11.2 Å². The number of ether oxygens (including phenoxy) is 1. The highest BCUT2D eigenvalue weighted by atomic mass is 16.5. The molecule has 0 spiro atoms. The molecule has 3 aromatic rings. The smallest absolute Gasteiger partial charge is 0.357 e. The first-order valence-electron chi connectivity index (χ1n) is 7.17. The van der Waals surface area contributed by atoms with E-state index in [4.69, 9.17) is 16.2 Å². The summed E-state index contributed by atoms with van der Waals surface area (Å²) in [6.07, 6.45) is 3.73. The third-order valence-electron chi connectivity index (χ3n) is 3.50. The Labute approximate surface area is 137 Å². The van der Waals surface area contributed by atoms with Gasteiger partial charge in [-0.3, -0.25) is 0 Å². The predicted octanol–water partition coefficient (Wildman–Crippen LogP) is 0.995. The number of carbonyl (C=O) groups is 1. The number of nitrogens with two attached hydrogens (primary N) is 2. The molecule has 0 unspecified atom stereocenters. The second kappa shape index (κ2) is 6.03. The van der Waals surface area contributed by atoms with E-state index in [-0.39, 0.29) is 23.1 Å². The van der Waals surface area contributed by atoms with Crippen LogP contribution in [0, 0.1) is 0 Å². The zero-order chi connectivity index (χ0) is 17.3. The van der Waals surface area contributed by atoms with Crippen molar-refractivity contribution in [1.29, 1.82) is 0 Å². The van der Waals surface area contributed by atoms with Gasteiger partial charge in [-0.1, -0.05) is 6.92 Å². The highest BCUT2D eigenvalue weighted by Gasteiger charge is 2.20. The molecule has 4 N–H and O–H groups in total. The number of esters is 1. The van der Waals surface area contributed by atoms with Gasteiger partial charge in [0.2, 0.25) is 5.95 Å². The average molecular weight is 325 g/mol. The number of hydrogen-bond donors (Lipinski definition) is 2. The Morgan fingerprint density at radius 3 is 2.71 bits per heavy atom. The average Bonchev–Trinajstić information content (AvgIpc) is 2.60. The number of fused-ring (bicyclic) bond motifs is 1. The van der Waals surface area contributed by atoms with Crippen molar-refractivity contribution in [2.24, 2.45) is 0 Å². The lowest BCUT2D eigenvalue weighted by Crippen LogP contribution is -2.10. The molecule has 3 rings (SSSR count). The van der Waals surface area contributed by atoms with Crippen LogP contribution in [-0.4, -0.2) is 38.0 Å². The molecule has 0 bridgehead atoms. The summed E-state index contributed by atoms with van der Waals surface area (Å²) in [5, 5.41) is 0. The van der Waals surface area contributed by atoms with Gasteiger partial charge in [-0.25, -0.2) is 19.7 Å². The molecule has 122 valence electrons. The molecule has 0 atom stereocenters. The number of aryl methyl sites for hydroxylation is 1. The van der Waals surface area contributed by atoms with E-state index in [1.165, 1.54) is 13.3 Å². The maximum atomic E-state index is 12.1. The van der Waals surface area contributed by atoms with E-state index < -0.39 is 5.97 Å². The summed E-state index contributed by atoms with van der Waals surface area (Å²) in [6, 6.07) is 1.82. The number of methoxy groups -OCH3 is 1. The second-order valence-corrected chi connectivity index (χ2v) is 4.93. The van der Waals surface area contributed by atoms with Crippen LogP contribution in [0.4, 0.5) is 11.8 Å². The third kappa shape index (κ3) is 2.56. The molecular formula is C15H15N7O2. The molecule has 0 saturated heterocycles. The Balaban J connectivity index is 2.29. The number of anilines is 2. The van der Waals surface area contributed by atoms with Gasteiger partial charge in [0.15, 0.2) is 22.7 Å². The first-order chi connectivity index (χ1) is 11.5. The normalized spacial score (nSPS) is 10.8. The highest BCUT2D eigenvalue weighted by Crippen LogP contribution is 2.27. The SMILES string of the molecule is CCc1ccnc(C(=O)OC)c1-c1cnc2nc(N)nc(N)c2n1. The molecule has 9 heteroatoms. The first-order valence-corrected chi connectivity index (χ1v) is 7.17. The monoisotopic (exact) mass is 325 g/mol. The molecule has 0 aliphatic heterocycles. The number of pyridine rings is 1. The lowest BCUT2D eigenvalue weighted by molar-refractivity contribution is 0.0595. The minimum Gasteiger partial charge on any atom is -0.464 e. The second-order valence-electron chi connectivity index (χ2n) is 4.93. The van der Waals surface area contributed by atoms with E-state index in [0.29, 0.717) is 23.2 Å². The van der Waals surface area contributed by atoms with Gasteiger partial charge in [0.1, 0.15) is 0 Å². The van der Waals surface area contributed by atoms with Gasteiger partial charge >= 0.3 is 5.97 Å². The summed E-state index contributed by atoms with van der Waals surface area (Å²) >= 11 is 0. The molecule has 0 aliphatic rings. The van der Waals surface area contributed by atoms with E-state index in [0.717, 1.165) is 5.56 Å². The highest BCUT2D eigenvalue weighted by molar-refractivity contribution is 5.96. The Bertz CT molecular complexity index is 942. The van der Waals surface area contributed by atoms with Crippen molar-refractivity contribution in [2.75, 3.05) is 18.6 Å². The largest absolute Gasteiger partial charge is 0.464 e. The van der Waals surface area contributed by atoms with E-state index >= 15 is 0 Å². The lowest BCUT2D eigenvalue weighted by Gasteiger charge is -2.11. The van der Waals surface area contributed by atoms with Crippen LogP contribution in [0.15, 0.2) is 18.5 Å². The fraction of sp³-hybridized carbons (Fsp3) is 0.200. The fourth-order valence-corrected chi connectivity index (χ4v) is 2.40. The number of carbonyl (C=O) groups excluding carboxylic acids is 1. The van der Waals surface area contributed by atoms with Crippen molar-refractivity contribution >= 4 is 28.9 Å². The van der Waals surface area contributed by atoms with Crippen LogP contribution in [0.5, 0.6) is 0 Å². The molecule has 0 aromatic carbocycles. The zero-order valence-corrected chi connectivity index (χ0v) is 13.1. The van der Waals surface area contributed by atoms with Gasteiger partial charge in [-0.05, 0) is 18.1 Å². The molecule has 0 amide bonds. The van der Waals surface area contributed by atoms with Gasteiger partial charge in [0.05, 0.1) is 19.0 Å². The van der Waals surface area contributed by atoms with Crippen molar-refractivity contribution in [2.45, 2.75) is 13.3 Å². The van der Waals surface area contributed by atoms with Crippen molar-refractivity contribution in [1.82, 2.24) is 24.9 Å². The molecule has 0 fully saturated rings. The van der Waals surface area contributed by atoms with Crippen molar-refractivity contribution in [3.05, 3.63) is 29.7 Å². The minimum absolute atomic E-state index is 0.0212. The predicted molar refractivity (Wildman–Crippen MR) is 87.9 cm³/mol. The third-order valence-corrected chi connectivity index (χ3v) is 3.50. The van der Waals surface area contributed by atoms with E-state index in [1.807, 2.05) is 13.0 Å². The Hall–Kier alpha value is -3.36. The maximum absolute atomic E-state index is 12.1. The summed E-state index contributed by atoms with van der Waals surface area (Å²) in [6.45, 7) is 1.96. The van der Waals surface area contributed by atoms with Gasteiger partial charge in [0, 0.05) is 11.8 Å². The van der Waals surface area contributed by atoms with Crippen LogP contribution in [0.2, 0.25) is 0 Å². The quantitative estimate of drug-likeness (QED) is 0.674. The summed E-state index contributed by atoms with van der Waals surface area (Å²) in [5.41, 5.74) is 14.1. The molecule has 3 aromatic heterocycles. The Morgan fingerprint density at radius 1 is 1.21 bits per heavy atom. The van der Waals surface area contributed by atoms with Crippen LogP contribution in [0.25, 0.3) is 22.4 Å². The summed E-state index contributed by atoms with van der Waals surface area (Å²) in [5.74, 6) is -0.412. The van der Waals surface area contributed by atoms with Crippen LogP contribution in [0.1, 0.15) is 23.0 Å². The molecule has 9 nitrogen and oxygen atoms in total. The Morgan fingerprint density at radius 2 is 2.00 bits per heavy atom.